The molecule has 0 fully saturated rings. The average Bonchev–Trinajstić information content (AvgIpc) is 2.46. The number of aryl methyl sites for hydroxylation is 1. The number of hydrogen-bond donors (Lipinski definition) is 0. The van der Waals surface area contributed by atoms with Gasteiger partial charge < -0.3 is 13.9 Å². The number of ether oxygens (including phenoxy) is 2. The number of halogens is 1. The molecule has 0 aliphatic carbocycles. The molecule has 0 spiro atoms. The van der Waals surface area contributed by atoms with Crippen molar-refractivity contribution in [3.8, 4) is 5.75 Å². The van der Waals surface area contributed by atoms with Crippen LogP contribution in [0.1, 0.15) is 19.4 Å². The van der Waals surface area contributed by atoms with E-state index in [4.69, 9.17) is 25.5 Å². The molecule has 0 bridgehead atoms. The predicted molar refractivity (Wildman–Crippen MR) is 79.0 cm³/mol. The Labute approximate surface area is 126 Å². The first-order chi connectivity index (χ1) is 9.95. The third kappa shape index (κ3) is 3.03. The highest BCUT2D eigenvalue weighted by atomic mass is 35.5. The van der Waals surface area contributed by atoms with Gasteiger partial charge in [0.05, 0.1) is 12.0 Å². The highest BCUT2D eigenvalue weighted by molar-refractivity contribution is 6.30. The Kier molecular flexibility index (Phi) is 4.53. The van der Waals surface area contributed by atoms with Crippen molar-refractivity contribution in [3.05, 3.63) is 39.2 Å². The highest BCUT2D eigenvalue weighted by Gasteiger charge is 2.18. The molecular weight excluding hydrogens is 296 g/mol. The fourth-order valence-electron chi connectivity index (χ4n) is 1.92. The maximum absolute atomic E-state index is 11.9. The lowest BCUT2D eigenvalue weighted by atomic mass is 10.1. The van der Waals surface area contributed by atoms with Crippen molar-refractivity contribution < 1.29 is 18.7 Å². The molecule has 2 rings (SSSR count). The fourth-order valence-corrected chi connectivity index (χ4v) is 2.07. The summed E-state index contributed by atoms with van der Waals surface area (Å²) in [6.07, 6.45) is 0.442. The minimum Gasteiger partial charge on any atom is -0.479 e. The molecule has 0 saturated carbocycles. The van der Waals surface area contributed by atoms with Gasteiger partial charge in [0.25, 0.3) is 0 Å². The predicted octanol–water partition coefficient (Wildman–Crippen LogP) is 3.09. The van der Waals surface area contributed by atoms with Crippen LogP contribution < -0.4 is 10.2 Å². The summed E-state index contributed by atoms with van der Waals surface area (Å²) in [5, 5.41) is 0.395. The highest BCUT2D eigenvalue weighted by Crippen LogP contribution is 2.27. The Morgan fingerprint density at radius 2 is 2.14 bits per heavy atom. The van der Waals surface area contributed by atoms with Gasteiger partial charge in [-0.05, 0) is 32.9 Å². The summed E-state index contributed by atoms with van der Waals surface area (Å²) in [5.74, 6) is 0.00285. The van der Waals surface area contributed by atoms with Crippen LogP contribution in [-0.2, 0) is 9.53 Å². The zero-order valence-electron chi connectivity index (χ0n) is 11.9. The molecule has 0 aliphatic heterocycles. The van der Waals surface area contributed by atoms with E-state index in [2.05, 4.69) is 0 Å². The first-order valence-electron chi connectivity index (χ1n) is 6.49. The van der Waals surface area contributed by atoms with Gasteiger partial charge in [-0.15, -0.1) is 0 Å². The van der Waals surface area contributed by atoms with E-state index in [1.807, 2.05) is 0 Å². The number of hydrogen-bond acceptors (Lipinski definition) is 5. The van der Waals surface area contributed by atoms with Crippen LogP contribution in [-0.4, -0.2) is 18.7 Å². The summed E-state index contributed by atoms with van der Waals surface area (Å²) in [6, 6.07) is 3.17. The van der Waals surface area contributed by atoms with Crippen LogP contribution in [0.4, 0.5) is 0 Å². The van der Waals surface area contributed by atoms with Crippen molar-refractivity contribution in [2.75, 3.05) is 6.61 Å². The number of carbonyl (C=O) groups excluding carboxylic acids is 1. The molecule has 21 heavy (non-hydrogen) atoms. The lowest BCUT2D eigenvalue weighted by Gasteiger charge is -2.15. The van der Waals surface area contributed by atoms with Gasteiger partial charge in [-0.1, -0.05) is 11.6 Å². The molecule has 0 amide bonds. The standard InChI is InChI=1S/C15H15ClO5/c1-4-19-15(18)9(3)21-12-6-5-10-13(17)11(16)7-20-14(10)8(12)2/h5-7,9H,4H2,1-3H3. The van der Waals surface area contributed by atoms with E-state index in [1.165, 1.54) is 6.26 Å². The zero-order valence-corrected chi connectivity index (χ0v) is 12.7. The van der Waals surface area contributed by atoms with Crippen LogP contribution in [0.25, 0.3) is 11.0 Å². The van der Waals surface area contributed by atoms with Crippen molar-refractivity contribution in [2.45, 2.75) is 26.9 Å². The summed E-state index contributed by atoms with van der Waals surface area (Å²) < 4.78 is 15.8. The first-order valence-corrected chi connectivity index (χ1v) is 6.87. The largest absolute Gasteiger partial charge is 0.479 e. The van der Waals surface area contributed by atoms with Crippen molar-refractivity contribution in [3.63, 3.8) is 0 Å². The van der Waals surface area contributed by atoms with Gasteiger partial charge in [-0.25, -0.2) is 4.79 Å². The first kappa shape index (κ1) is 15.4. The van der Waals surface area contributed by atoms with Gasteiger partial charge in [0, 0.05) is 5.56 Å². The van der Waals surface area contributed by atoms with Gasteiger partial charge in [-0.2, -0.15) is 0 Å². The van der Waals surface area contributed by atoms with Crippen LogP contribution in [0.5, 0.6) is 5.75 Å². The second-order valence-electron chi connectivity index (χ2n) is 4.49. The van der Waals surface area contributed by atoms with Crippen LogP contribution in [0.3, 0.4) is 0 Å². The fraction of sp³-hybridized carbons (Fsp3) is 0.333. The Balaban J connectivity index is 2.39. The number of rotatable bonds is 4. The molecule has 1 unspecified atom stereocenters. The third-order valence-electron chi connectivity index (χ3n) is 3.02. The Bertz CT molecular complexity index is 735. The molecule has 2 aromatic rings. The topological polar surface area (TPSA) is 65.7 Å². The maximum atomic E-state index is 11.9. The van der Waals surface area contributed by atoms with Crippen LogP contribution >= 0.6 is 11.6 Å². The monoisotopic (exact) mass is 310 g/mol. The SMILES string of the molecule is CCOC(=O)C(C)Oc1ccc2c(=O)c(Cl)coc2c1C. The van der Waals surface area contributed by atoms with Crippen LogP contribution in [0.15, 0.2) is 27.6 Å². The van der Waals surface area contributed by atoms with E-state index in [-0.39, 0.29) is 17.1 Å². The molecule has 112 valence electrons. The minimum atomic E-state index is -0.750. The molecule has 1 atom stereocenters. The van der Waals surface area contributed by atoms with Crippen LogP contribution in [0, 0.1) is 6.92 Å². The Morgan fingerprint density at radius 3 is 2.81 bits per heavy atom. The molecule has 5 nitrogen and oxygen atoms in total. The molecule has 0 aliphatic rings. The average molecular weight is 311 g/mol. The van der Waals surface area contributed by atoms with Crippen molar-refractivity contribution in [1.82, 2.24) is 0 Å². The summed E-state index contributed by atoms with van der Waals surface area (Å²) in [6.45, 7) is 5.35. The van der Waals surface area contributed by atoms with Crippen molar-refractivity contribution in [1.29, 1.82) is 0 Å². The molecule has 1 heterocycles. The van der Waals surface area contributed by atoms with E-state index in [0.29, 0.717) is 22.3 Å². The number of fused-ring (bicyclic) bond motifs is 1. The lowest BCUT2D eigenvalue weighted by molar-refractivity contribution is -0.150. The molecule has 6 heteroatoms. The molecule has 0 N–H and O–H groups in total. The number of esters is 1. The number of carbonyl (C=O) groups is 1. The van der Waals surface area contributed by atoms with Gasteiger partial charge in [0.2, 0.25) is 5.43 Å². The third-order valence-corrected chi connectivity index (χ3v) is 3.28. The van der Waals surface area contributed by atoms with Gasteiger partial charge >= 0.3 is 5.97 Å². The summed E-state index contributed by atoms with van der Waals surface area (Å²) in [7, 11) is 0. The second kappa shape index (κ2) is 6.18. The van der Waals surface area contributed by atoms with E-state index in [1.54, 1.807) is 32.9 Å². The van der Waals surface area contributed by atoms with E-state index >= 15 is 0 Å². The molecule has 1 aromatic heterocycles. The number of benzene rings is 1. The molecule has 0 radical (unpaired) electrons. The summed E-state index contributed by atoms with van der Waals surface area (Å²) in [5.41, 5.74) is 0.710. The Hall–Kier alpha value is -2.01. The molecule has 1 aromatic carbocycles. The van der Waals surface area contributed by atoms with Crippen molar-refractivity contribution in [2.24, 2.45) is 0 Å². The van der Waals surface area contributed by atoms with Gasteiger partial charge in [0.1, 0.15) is 22.6 Å². The van der Waals surface area contributed by atoms with Gasteiger partial charge in [-0.3, -0.25) is 4.79 Å². The molecular formula is C15H15ClO5. The second-order valence-corrected chi connectivity index (χ2v) is 4.90. The molecule has 0 saturated heterocycles. The maximum Gasteiger partial charge on any atom is 0.347 e. The minimum absolute atomic E-state index is 0.0236. The zero-order chi connectivity index (χ0) is 15.6. The van der Waals surface area contributed by atoms with Gasteiger partial charge in [0.15, 0.2) is 6.10 Å². The summed E-state index contributed by atoms with van der Waals surface area (Å²) in [4.78, 5) is 23.5. The van der Waals surface area contributed by atoms with Crippen LogP contribution in [0.2, 0.25) is 5.02 Å². The van der Waals surface area contributed by atoms with E-state index < -0.39 is 12.1 Å². The smallest absolute Gasteiger partial charge is 0.347 e. The van der Waals surface area contributed by atoms with Crippen molar-refractivity contribution >= 4 is 28.5 Å². The normalized spacial score (nSPS) is 12.2. The van der Waals surface area contributed by atoms with E-state index in [9.17, 15) is 9.59 Å². The Morgan fingerprint density at radius 1 is 1.43 bits per heavy atom. The van der Waals surface area contributed by atoms with E-state index in [0.717, 1.165) is 0 Å². The lowest BCUT2D eigenvalue weighted by Crippen LogP contribution is -2.26. The quantitative estimate of drug-likeness (QED) is 0.812. The summed E-state index contributed by atoms with van der Waals surface area (Å²) >= 11 is 5.74.